The number of rotatable bonds is 1. The number of hydrogen-bond donors (Lipinski definition) is 0. The number of halogens is 1. The second-order valence-corrected chi connectivity index (χ2v) is 5.41. The predicted molar refractivity (Wildman–Crippen MR) is 56.9 cm³/mol. The van der Waals surface area contributed by atoms with Crippen LogP contribution < -0.4 is 0 Å². The third-order valence-corrected chi connectivity index (χ3v) is 3.13. The molecule has 0 spiro atoms. The molecule has 0 saturated heterocycles. The van der Waals surface area contributed by atoms with Crippen molar-refractivity contribution in [2.45, 2.75) is 32.1 Å². The van der Waals surface area contributed by atoms with E-state index in [1.165, 1.54) is 11.3 Å². The van der Waals surface area contributed by atoms with Crippen LogP contribution in [0.2, 0.25) is 0 Å². The van der Waals surface area contributed by atoms with Gasteiger partial charge in [0.25, 0.3) is 0 Å². The Kier molecular flexibility index (Phi) is 2.23. The van der Waals surface area contributed by atoms with E-state index in [2.05, 4.69) is 36.1 Å². The highest BCUT2D eigenvalue weighted by Gasteiger charge is 2.22. The summed E-state index contributed by atoms with van der Waals surface area (Å²) in [6.07, 6.45) is 0. The lowest BCUT2D eigenvalue weighted by Crippen LogP contribution is -2.16. The van der Waals surface area contributed by atoms with Crippen molar-refractivity contribution in [3.8, 4) is 0 Å². The molecule has 0 N–H and O–H groups in total. The Balaban J connectivity index is 2.61. The van der Waals surface area contributed by atoms with Gasteiger partial charge >= 0.3 is 0 Å². The summed E-state index contributed by atoms with van der Waals surface area (Å²) in [4.78, 5) is 0.811. The van der Waals surface area contributed by atoms with Crippen molar-refractivity contribution in [2.75, 3.05) is 0 Å². The summed E-state index contributed by atoms with van der Waals surface area (Å²) < 4.78 is 1.78. The molecule has 0 atom stereocenters. The highest BCUT2D eigenvalue weighted by atomic mass is 35.5. The van der Waals surface area contributed by atoms with Gasteiger partial charge in [-0.05, 0) is 0 Å². The first-order chi connectivity index (χ1) is 6.52. The molecule has 0 aliphatic carbocycles. The maximum absolute atomic E-state index is 5.71. The Morgan fingerprint density at radius 1 is 1.36 bits per heavy atom. The number of aromatic nitrogens is 4. The lowest BCUT2D eigenvalue weighted by molar-refractivity contribution is 0.527. The van der Waals surface area contributed by atoms with Crippen LogP contribution in [0.15, 0.2) is 0 Å². The van der Waals surface area contributed by atoms with Crippen LogP contribution in [0.3, 0.4) is 0 Å². The van der Waals surface area contributed by atoms with Crippen LogP contribution in [0.5, 0.6) is 0 Å². The lowest BCUT2D eigenvalue weighted by atomic mass is 9.96. The van der Waals surface area contributed by atoms with E-state index < -0.39 is 0 Å². The fourth-order valence-corrected chi connectivity index (χ4v) is 2.08. The molecule has 76 valence electrons. The summed E-state index contributed by atoms with van der Waals surface area (Å²) in [7, 11) is 0. The van der Waals surface area contributed by atoms with Crippen LogP contribution in [0.4, 0.5) is 0 Å². The number of nitrogens with zero attached hydrogens (tertiary/aromatic N) is 4. The van der Waals surface area contributed by atoms with Gasteiger partial charge in [0.2, 0.25) is 4.96 Å². The van der Waals surface area contributed by atoms with Gasteiger partial charge in [-0.25, -0.2) is 0 Å². The van der Waals surface area contributed by atoms with Crippen LogP contribution in [0.1, 0.15) is 31.6 Å². The first-order valence-corrected chi connectivity index (χ1v) is 5.65. The molecule has 14 heavy (non-hydrogen) atoms. The van der Waals surface area contributed by atoms with Crippen molar-refractivity contribution in [2.24, 2.45) is 0 Å². The largest absolute Gasteiger partial charge is 0.234 e. The van der Waals surface area contributed by atoms with Crippen LogP contribution in [-0.4, -0.2) is 19.8 Å². The molecule has 2 rings (SSSR count). The molecule has 0 fully saturated rings. The number of alkyl halides is 1. The molecular formula is C8H11ClN4S. The third-order valence-electron chi connectivity index (χ3n) is 1.82. The summed E-state index contributed by atoms with van der Waals surface area (Å²) in [6.45, 7) is 6.26. The van der Waals surface area contributed by atoms with E-state index in [0.29, 0.717) is 5.88 Å². The van der Waals surface area contributed by atoms with Crippen LogP contribution in [-0.2, 0) is 11.3 Å². The normalized spacial score (nSPS) is 12.6. The van der Waals surface area contributed by atoms with E-state index in [-0.39, 0.29) is 5.41 Å². The second kappa shape index (κ2) is 3.17. The molecule has 0 unspecified atom stereocenters. The summed E-state index contributed by atoms with van der Waals surface area (Å²) in [5.74, 6) is 1.30. The topological polar surface area (TPSA) is 43.1 Å². The Morgan fingerprint density at radius 3 is 2.64 bits per heavy atom. The third kappa shape index (κ3) is 1.50. The molecule has 0 aliphatic heterocycles. The highest BCUT2D eigenvalue weighted by molar-refractivity contribution is 7.16. The molecule has 0 bridgehead atoms. The Hall–Kier alpha value is -0.680. The Bertz CT molecular complexity index is 453. The average molecular weight is 231 g/mol. The van der Waals surface area contributed by atoms with Crippen LogP contribution in [0.25, 0.3) is 4.96 Å². The lowest BCUT2D eigenvalue weighted by Gasteiger charge is -2.13. The second-order valence-electron chi connectivity index (χ2n) is 4.10. The average Bonchev–Trinajstić information content (AvgIpc) is 2.57. The minimum absolute atomic E-state index is 0.0446. The van der Waals surface area contributed by atoms with Crippen molar-refractivity contribution in [3.63, 3.8) is 0 Å². The number of fused-ring (bicyclic) bond motifs is 1. The summed E-state index contributed by atoms with van der Waals surface area (Å²) >= 11 is 7.19. The van der Waals surface area contributed by atoms with E-state index in [9.17, 15) is 0 Å². The minimum Gasteiger partial charge on any atom is -0.187 e. The zero-order valence-electron chi connectivity index (χ0n) is 8.28. The zero-order valence-corrected chi connectivity index (χ0v) is 9.85. The molecule has 0 aliphatic rings. The van der Waals surface area contributed by atoms with Crippen molar-refractivity contribution >= 4 is 27.9 Å². The molecule has 2 heterocycles. The van der Waals surface area contributed by atoms with E-state index in [1.54, 1.807) is 4.52 Å². The van der Waals surface area contributed by atoms with Gasteiger partial charge in [-0.3, -0.25) is 0 Å². The first-order valence-electron chi connectivity index (χ1n) is 4.30. The quantitative estimate of drug-likeness (QED) is 0.706. The Morgan fingerprint density at radius 2 is 2.07 bits per heavy atom. The van der Waals surface area contributed by atoms with E-state index in [4.69, 9.17) is 11.6 Å². The fourth-order valence-electron chi connectivity index (χ4n) is 1.18. The van der Waals surface area contributed by atoms with Crippen molar-refractivity contribution < 1.29 is 0 Å². The van der Waals surface area contributed by atoms with Gasteiger partial charge in [0.1, 0.15) is 5.01 Å². The standard InChI is InChI=1S/C8H11ClN4S/c1-8(2,3)6-10-11-7-13(6)12-5(4-9)14-7/h4H2,1-3H3. The van der Waals surface area contributed by atoms with E-state index in [1.807, 2.05) is 0 Å². The van der Waals surface area contributed by atoms with E-state index >= 15 is 0 Å². The molecule has 0 aromatic carbocycles. The van der Waals surface area contributed by atoms with Gasteiger partial charge in [-0.15, -0.1) is 21.8 Å². The zero-order chi connectivity index (χ0) is 10.3. The van der Waals surface area contributed by atoms with Gasteiger partial charge in [-0.2, -0.15) is 9.61 Å². The summed E-state index contributed by atoms with van der Waals surface area (Å²) in [5.41, 5.74) is -0.0446. The van der Waals surface area contributed by atoms with Gasteiger partial charge < -0.3 is 0 Å². The molecule has 0 radical (unpaired) electrons. The van der Waals surface area contributed by atoms with Gasteiger partial charge in [-0.1, -0.05) is 32.1 Å². The molecule has 2 aromatic rings. The van der Waals surface area contributed by atoms with E-state index in [0.717, 1.165) is 15.8 Å². The van der Waals surface area contributed by atoms with Crippen molar-refractivity contribution in [3.05, 3.63) is 10.8 Å². The summed E-state index contributed by atoms with van der Waals surface area (Å²) in [6, 6.07) is 0. The molecule has 0 saturated carbocycles. The fraction of sp³-hybridized carbons (Fsp3) is 0.625. The van der Waals surface area contributed by atoms with Crippen LogP contribution in [0, 0.1) is 0 Å². The Labute approximate surface area is 90.9 Å². The maximum Gasteiger partial charge on any atom is 0.234 e. The van der Waals surface area contributed by atoms with Crippen molar-refractivity contribution in [1.82, 2.24) is 19.8 Å². The highest BCUT2D eigenvalue weighted by Crippen LogP contribution is 2.23. The van der Waals surface area contributed by atoms with Gasteiger partial charge in [0.05, 0.1) is 5.88 Å². The van der Waals surface area contributed by atoms with Crippen molar-refractivity contribution in [1.29, 1.82) is 0 Å². The SMILES string of the molecule is CC(C)(C)c1nnc2sc(CCl)nn12. The molecule has 6 heteroatoms. The van der Waals surface area contributed by atoms with Gasteiger partial charge in [0, 0.05) is 5.41 Å². The molecule has 2 aromatic heterocycles. The minimum atomic E-state index is -0.0446. The summed E-state index contributed by atoms with van der Waals surface area (Å²) in [5, 5.41) is 13.4. The predicted octanol–water partition coefficient (Wildman–Crippen LogP) is 2.22. The maximum atomic E-state index is 5.71. The molecular weight excluding hydrogens is 220 g/mol. The first kappa shape index (κ1) is 9.86. The number of hydrogen-bond acceptors (Lipinski definition) is 4. The monoisotopic (exact) mass is 230 g/mol. The smallest absolute Gasteiger partial charge is 0.187 e. The molecule has 4 nitrogen and oxygen atoms in total. The molecule has 0 amide bonds. The van der Waals surface area contributed by atoms with Crippen LogP contribution >= 0.6 is 22.9 Å². The van der Waals surface area contributed by atoms with Gasteiger partial charge in [0.15, 0.2) is 5.82 Å².